The van der Waals surface area contributed by atoms with Crippen molar-refractivity contribution >= 4 is 40.7 Å². The SMILES string of the molecule is C.COc1cc(-c2sc(F)cc2NC(=O)O[C@H](C)c2ccccc2Cl)ccc1-c1ccc(C2(C(=O)O)CC2)cc1. The second-order valence-corrected chi connectivity index (χ2v) is 10.8. The molecule has 5 rings (SSSR count). The molecule has 1 aliphatic carbocycles. The van der Waals surface area contributed by atoms with Crippen molar-refractivity contribution in [2.24, 2.45) is 0 Å². The zero-order valence-corrected chi connectivity index (χ0v) is 22.7. The number of carboxylic acids is 1. The van der Waals surface area contributed by atoms with Crippen molar-refractivity contribution in [1.82, 2.24) is 0 Å². The van der Waals surface area contributed by atoms with Crippen LogP contribution in [-0.4, -0.2) is 24.3 Å². The van der Waals surface area contributed by atoms with Crippen LogP contribution in [0.3, 0.4) is 0 Å². The summed E-state index contributed by atoms with van der Waals surface area (Å²) in [6.45, 7) is 1.71. The Balaban J connectivity index is 0.00000370. The average Bonchev–Trinajstić information content (AvgIpc) is 3.66. The lowest BCUT2D eigenvalue weighted by Gasteiger charge is -2.16. The summed E-state index contributed by atoms with van der Waals surface area (Å²) in [6, 6.07) is 21.2. The number of carbonyl (C=O) groups excluding carboxylic acids is 1. The molecule has 0 spiro atoms. The molecule has 0 bridgehead atoms. The van der Waals surface area contributed by atoms with Crippen LogP contribution in [0.15, 0.2) is 72.8 Å². The first-order valence-electron chi connectivity index (χ1n) is 12.3. The highest BCUT2D eigenvalue weighted by atomic mass is 35.5. The maximum Gasteiger partial charge on any atom is 0.412 e. The van der Waals surface area contributed by atoms with Crippen molar-refractivity contribution in [3.63, 3.8) is 0 Å². The fourth-order valence-electron chi connectivity index (χ4n) is 4.63. The maximum absolute atomic E-state index is 14.4. The van der Waals surface area contributed by atoms with Gasteiger partial charge in [0.1, 0.15) is 11.9 Å². The largest absolute Gasteiger partial charge is 0.496 e. The normalized spacial score (nSPS) is 14.0. The highest BCUT2D eigenvalue weighted by Crippen LogP contribution is 2.49. The van der Waals surface area contributed by atoms with Gasteiger partial charge in [-0.05, 0) is 48.6 Å². The van der Waals surface area contributed by atoms with Gasteiger partial charge in [0.15, 0.2) is 5.13 Å². The summed E-state index contributed by atoms with van der Waals surface area (Å²) >= 11 is 7.10. The quantitative estimate of drug-likeness (QED) is 0.217. The molecule has 1 aromatic heterocycles. The molecule has 9 heteroatoms. The highest BCUT2D eigenvalue weighted by Gasteiger charge is 2.51. The Morgan fingerprint density at radius 2 is 1.73 bits per heavy atom. The Kier molecular flexibility index (Phi) is 8.51. The minimum atomic E-state index is -0.799. The van der Waals surface area contributed by atoms with E-state index < -0.39 is 28.7 Å². The summed E-state index contributed by atoms with van der Waals surface area (Å²) in [5.74, 6) is -0.249. The Hall–Kier alpha value is -3.88. The number of halogens is 2. The van der Waals surface area contributed by atoms with E-state index in [2.05, 4.69) is 5.32 Å². The number of hydrogen-bond acceptors (Lipinski definition) is 5. The Morgan fingerprint density at radius 1 is 1.05 bits per heavy atom. The lowest BCUT2D eigenvalue weighted by molar-refractivity contribution is -0.140. The third kappa shape index (κ3) is 5.69. The van der Waals surface area contributed by atoms with Crippen LogP contribution in [0.4, 0.5) is 14.9 Å². The van der Waals surface area contributed by atoms with Gasteiger partial charge in [-0.15, -0.1) is 11.3 Å². The molecule has 0 aliphatic heterocycles. The number of anilines is 1. The number of benzene rings is 3. The molecule has 4 aromatic rings. The van der Waals surface area contributed by atoms with E-state index in [1.165, 1.54) is 6.07 Å². The first kappa shape index (κ1) is 29.1. The van der Waals surface area contributed by atoms with E-state index in [0.717, 1.165) is 28.0 Å². The molecule has 1 atom stereocenters. The van der Waals surface area contributed by atoms with E-state index in [-0.39, 0.29) is 13.1 Å². The second-order valence-electron chi connectivity index (χ2n) is 9.37. The number of nitrogens with one attached hydrogen (secondary N) is 1. The van der Waals surface area contributed by atoms with Crippen molar-refractivity contribution in [3.8, 4) is 27.3 Å². The van der Waals surface area contributed by atoms with Gasteiger partial charge in [0.25, 0.3) is 0 Å². The van der Waals surface area contributed by atoms with Crippen LogP contribution in [0.2, 0.25) is 5.02 Å². The third-order valence-electron chi connectivity index (χ3n) is 6.94. The van der Waals surface area contributed by atoms with Crippen LogP contribution in [0.1, 0.15) is 44.4 Å². The van der Waals surface area contributed by atoms with Crippen LogP contribution in [0.25, 0.3) is 21.6 Å². The monoisotopic (exact) mass is 581 g/mol. The third-order valence-corrected chi connectivity index (χ3v) is 8.25. The second kappa shape index (κ2) is 11.7. The summed E-state index contributed by atoms with van der Waals surface area (Å²) in [4.78, 5) is 24.8. The minimum absolute atomic E-state index is 0. The number of aliphatic carboxylic acids is 1. The van der Waals surface area contributed by atoms with Crippen LogP contribution < -0.4 is 10.1 Å². The summed E-state index contributed by atoms with van der Waals surface area (Å²) in [5, 5.41) is 12.2. The van der Waals surface area contributed by atoms with Crippen molar-refractivity contribution in [2.45, 2.75) is 38.7 Å². The molecular formula is C31H29ClFNO5S. The first-order valence-corrected chi connectivity index (χ1v) is 13.5. The van der Waals surface area contributed by atoms with E-state index in [1.807, 2.05) is 36.4 Å². The Bertz CT molecular complexity index is 1550. The summed E-state index contributed by atoms with van der Waals surface area (Å²) in [6.07, 6.45) is -0.0681. The Morgan fingerprint density at radius 3 is 2.35 bits per heavy atom. The summed E-state index contributed by atoms with van der Waals surface area (Å²) < 4.78 is 25.5. The number of carboxylic acid groups (broad SMARTS) is 1. The number of carbonyl (C=O) groups is 2. The molecular weight excluding hydrogens is 553 g/mol. The van der Waals surface area contributed by atoms with Crippen LogP contribution >= 0.6 is 22.9 Å². The van der Waals surface area contributed by atoms with Crippen LogP contribution in [-0.2, 0) is 14.9 Å². The van der Waals surface area contributed by atoms with Gasteiger partial charge in [0, 0.05) is 22.2 Å². The molecule has 6 nitrogen and oxygen atoms in total. The lowest BCUT2D eigenvalue weighted by Crippen LogP contribution is -2.19. The highest BCUT2D eigenvalue weighted by molar-refractivity contribution is 7.14. The van der Waals surface area contributed by atoms with Gasteiger partial charge in [0.05, 0.1) is 23.1 Å². The number of methoxy groups -OCH3 is 1. The summed E-state index contributed by atoms with van der Waals surface area (Å²) in [7, 11) is 1.54. The van der Waals surface area contributed by atoms with E-state index in [9.17, 15) is 19.1 Å². The van der Waals surface area contributed by atoms with Gasteiger partial charge in [-0.1, -0.05) is 73.6 Å². The van der Waals surface area contributed by atoms with Crippen molar-refractivity contribution in [3.05, 3.63) is 94.1 Å². The first-order chi connectivity index (χ1) is 18.7. The zero-order chi connectivity index (χ0) is 27.7. The fraction of sp³-hybridized carbons (Fsp3) is 0.226. The molecule has 1 heterocycles. The molecule has 1 aliphatic rings. The molecule has 0 unspecified atom stereocenters. The molecule has 0 saturated heterocycles. The van der Waals surface area contributed by atoms with Crippen LogP contribution in [0, 0.1) is 5.13 Å². The number of ether oxygens (including phenoxy) is 2. The molecule has 1 amide bonds. The van der Waals surface area contributed by atoms with Crippen molar-refractivity contribution < 1.29 is 28.6 Å². The van der Waals surface area contributed by atoms with Gasteiger partial charge in [-0.2, -0.15) is 4.39 Å². The van der Waals surface area contributed by atoms with Gasteiger partial charge in [-0.25, -0.2) is 4.79 Å². The standard InChI is InChI=1S/C30H25ClFNO5S.CH4/c1-17(21-5-3-4-6-23(21)31)38-29(36)33-24-16-26(32)39-27(24)19-9-12-22(25(15-19)37-2)18-7-10-20(11-8-18)30(13-14-30)28(34)35;/h3-12,15-17H,13-14H2,1-2H3,(H,33,36)(H,34,35);1H4/t17-;/m1./s1. The maximum atomic E-state index is 14.4. The molecule has 2 N–H and O–H groups in total. The van der Waals surface area contributed by atoms with E-state index in [4.69, 9.17) is 21.1 Å². The van der Waals surface area contributed by atoms with Gasteiger partial charge in [-0.3, -0.25) is 10.1 Å². The molecule has 208 valence electrons. The van der Waals surface area contributed by atoms with Gasteiger partial charge < -0.3 is 14.6 Å². The van der Waals surface area contributed by atoms with E-state index in [1.54, 1.807) is 44.4 Å². The molecule has 40 heavy (non-hydrogen) atoms. The lowest BCUT2D eigenvalue weighted by atomic mass is 9.93. The topological polar surface area (TPSA) is 84.9 Å². The van der Waals surface area contributed by atoms with Crippen LogP contribution in [0.5, 0.6) is 5.75 Å². The zero-order valence-electron chi connectivity index (χ0n) is 21.2. The number of thiophene rings is 1. The van der Waals surface area contributed by atoms with Crippen molar-refractivity contribution in [2.75, 3.05) is 12.4 Å². The number of rotatable bonds is 8. The smallest absolute Gasteiger partial charge is 0.412 e. The van der Waals surface area contributed by atoms with E-state index >= 15 is 0 Å². The molecule has 0 radical (unpaired) electrons. The molecule has 1 saturated carbocycles. The Labute approximate surface area is 241 Å². The van der Waals surface area contributed by atoms with Gasteiger partial charge >= 0.3 is 12.1 Å². The number of amides is 1. The average molecular weight is 582 g/mol. The van der Waals surface area contributed by atoms with Gasteiger partial charge in [0.2, 0.25) is 0 Å². The predicted octanol–water partition coefficient (Wildman–Crippen LogP) is 8.95. The summed E-state index contributed by atoms with van der Waals surface area (Å²) in [5.41, 5.74) is 3.26. The predicted molar refractivity (Wildman–Crippen MR) is 157 cm³/mol. The number of hydrogen-bond donors (Lipinski definition) is 2. The molecule has 3 aromatic carbocycles. The van der Waals surface area contributed by atoms with E-state index in [0.29, 0.717) is 39.6 Å². The minimum Gasteiger partial charge on any atom is -0.496 e. The van der Waals surface area contributed by atoms with Crippen molar-refractivity contribution in [1.29, 1.82) is 0 Å². The molecule has 1 fully saturated rings. The fourth-order valence-corrected chi connectivity index (χ4v) is 5.75.